The number of nitrogens with zero attached hydrogens (tertiary/aromatic N) is 3. The van der Waals surface area contributed by atoms with Crippen molar-refractivity contribution in [2.45, 2.75) is 20.0 Å². The van der Waals surface area contributed by atoms with Gasteiger partial charge in [0.25, 0.3) is 5.56 Å². The normalized spacial score (nSPS) is 11.0. The van der Waals surface area contributed by atoms with Gasteiger partial charge in [-0.2, -0.15) is 0 Å². The molecule has 0 saturated heterocycles. The summed E-state index contributed by atoms with van der Waals surface area (Å²) in [6.07, 6.45) is 1.49. The van der Waals surface area contributed by atoms with Gasteiger partial charge in [0.15, 0.2) is 5.52 Å². The summed E-state index contributed by atoms with van der Waals surface area (Å²) >= 11 is 7.56. The molecule has 0 spiro atoms. The molecule has 0 fully saturated rings. The number of benzene rings is 1. The highest BCUT2D eigenvalue weighted by Gasteiger charge is 2.17. The van der Waals surface area contributed by atoms with Gasteiger partial charge in [0.1, 0.15) is 6.54 Å². The van der Waals surface area contributed by atoms with Gasteiger partial charge < -0.3 is 5.32 Å². The fourth-order valence-electron chi connectivity index (χ4n) is 3.17. The van der Waals surface area contributed by atoms with E-state index in [-0.39, 0.29) is 18.6 Å². The van der Waals surface area contributed by atoms with Crippen molar-refractivity contribution in [3.05, 3.63) is 90.3 Å². The third kappa shape index (κ3) is 3.79. The first-order valence-corrected chi connectivity index (χ1v) is 10.4. The fourth-order valence-corrected chi connectivity index (χ4v) is 4.04. The lowest BCUT2D eigenvalue weighted by atomic mass is 10.2. The van der Waals surface area contributed by atoms with Gasteiger partial charge >= 0.3 is 5.69 Å². The highest BCUT2D eigenvalue weighted by atomic mass is 35.5. The van der Waals surface area contributed by atoms with E-state index in [9.17, 15) is 14.4 Å². The Labute approximate surface area is 180 Å². The number of thiophene rings is 1. The maximum absolute atomic E-state index is 13.1. The second kappa shape index (κ2) is 8.25. The van der Waals surface area contributed by atoms with Crippen LogP contribution in [0.15, 0.2) is 63.6 Å². The van der Waals surface area contributed by atoms with Crippen molar-refractivity contribution >= 4 is 45.6 Å². The van der Waals surface area contributed by atoms with Crippen molar-refractivity contribution in [2.75, 3.05) is 5.32 Å². The minimum Gasteiger partial charge on any atom is -0.324 e. The largest absolute Gasteiger partial charge is 0.332 e. The van der Waals surface area contributed by atoms with Crippen LogP contribution in [0, 0.1) is 6.92 Å². The summed E-state index contributed by atoms with van der Waals surface area (Å²) < 4.78 is 2.38. The van der Waals surface area contributed by atoms with Crippen LogP contribution in [0.25, 0.3) is 11.0 Å². The number of amides is 1. The molecule has 4 rings (SSSR count). The Hall–Kier alpha value is -3.23. The zero-order valence-electron chi connectivity index (χ0n) is 16.0. The number of halogens is 1. The molecule has 1 aromatic carbocycles. The molecule has 3 heterocycles. The number of hydrogen-bond acceptors (Lipinski definition) is 5. The molecule has 152 valence electrons. The lowest BCUT2D eigenvalue weighted by Crippen LogP contribution is -2.42. The number of carbonyl (C=O) groups is 1. The van der Waals surface area contributed by atoms with Crippen LogP contribution in [0.3, 0.4) is 0 Å². The number of nitrogens with one attached hydrogen (secondary N) is 1. The molecular weight excluding hydrogens is 424 g/mol. The topological polar surface area (TPSA) is 86.0 Å². The molecule has 1 amide bonds. The minimum atomic E-state index is -0.563. The quantitative estimate of drug-likeness (QED) is 0.516. The van der Waals surface area contributed by atoms with Gasteiger partial charge in [-0.15, -0.1) is 11.3 Å². The Morgan fingerprint density at radius 3 is 2.73 bits per heavy atom. The second-order valence-corrected chi connectivity index (χ2v) is 8.11. The number of aromatic nitrogens is 3. The summed E-state index contributed by atoms with van der Waals surface area (Å²) in [6.45, 7) is 1.65. The average molecular weight is 441 g/mol. The smallest absolute Gasteiger partial charge is 0.324 e. The fraction of sp³-hybridized carbons (Fsp3) is 0.143. The molecule has 4 aromatic rings. The van der Waals surface area contributed by atoms with Crippen LogP contribution in [0.2, 0.25) is 5.02 Å². The van der Waals surface area contributed by atoms with E-state index < -0.39 is 17.2 Å². The van der Waals surface area contributed by atoms with E-state index in [0.29, 0.717) is 16.2 Å². The maximum atomic E-state index is 13.1. The minimum absolute atomic E-state index is 0.122. The molecule has 0 radical (unpaired) electrons. The highest BCUT2D eigenvalue weighted by molar-refractivity contribution is 7.09. The second-order valence-electron chi connectivity index (χ2n) is 6.67. The Balaban J connectivity index is 1.76. The summed E-state index contributed by atoms with van der Waals surface area (Å²) in [5.41, 5.74) is 0.704. The van der Waals surface area contributed by atoms with Crippen molar-refractivity contribution in [1.82, 2.24) is 14.1 Å². The van der Waals surface area contributed by atoms with Gasteiger partial charge in [0, 0.05) is 21.8 Å². The molecular formula is C21H17ClN4O3S. The molecule has 3 aromatic heterocycles. The van der Waals surface area contributed by atoms with E-state index in [1.165, 1.54) is 22.1 Å². The van der Waals surface area contributed by atoms with Crippen LogP contribution in [0.1, 0.15) is 10.4 Å². The maximum Gasteiger partial charge on any atom is 0.332 e. The molecule has 0 saturated carbocycles. The molecule has 0 bridgehead atoms. The van der Waals surface area contributed by atoms with Gasteiger partial charge in [-0.1, -0.05) is 23.7 Å². The Kier molecular flexibility index (Phi) is 5.52. The number of carbonyl (C=O) groups excluding carboxylic acids is 1. The summed E-state index contributed by atoms with van der Waals surface area (Å²) in [5, 5.41) is 5.19. The zero-order valence-corrected chi connectivity index (χ0v) is 17.5. The van der Waals surface area contributed by atoms with Crippen LogP contribution < -0.4 is 16.6 Å². The Bertz CT molecular complexity index is 1360. The molecule has 30 heavy (non-hydrogen) atoms. The number of pyridine rings is 1. The van der Waals surface area contributed by atoms with Gasteiger partial charge in [-0.3, -0.25) is 18.7 Å². The highest BCUT2D eigenvalue weighted by Crippen LogP contribution is 2.23. The predicted octanol–water partition coefficient (Wildman–Crippen LogP) is 3.27. The summed E-state index contributed by atoms with van der Waals surface area (Å²) in [6, 6.07) is 12.1. The monoisotopic (exact) mass is 440 g/mol. The zero-order chi connectivity index (χ0) is 21.3. The lowest BCUT2D eigenvalue weighted by Gasteiger charge is -2.14. The Morgan fingerprint density at radius 2 is 1.97 bits per heavy atom. The number of anilines is 1. The van der Waals surface area contributed by atoms with Crippen molar-refractivity contribution in [2.24, 2.45) is 0 Å². The van der Waals surface area contributed by atoms with Crippen molar-refractivity contribution in [1.29, 1.82) is 0 Å². The van der Waals surface area contributed by atoms with Gasteiger partial charge in [0.2, 0.25) is 5.91 Å². The van der Waals surface area contributed by atoms with Crippen molar-refractivity contribution < 1.29 is 4.79 Å². The molecule has 1 N–H and O–H groups in total. The van der Waals surface area contributed by atoms with Crippen LogP contribution in [-0.2, 0) is 17.9 Å². The molecule has 0 aliphatic heterocycles. The van der Waals surface area contributed by atoms with E-state index in [1.807, 2.05) is 17.5 Å². The molecule has 0 unspecified atom stereocenters. The molecule has 0 aliphatic carbocycles. The first-order valence-electron chi connectivity index (χ1n) is 9.11. The summed E-state index contributed by atoms with van der Waals surface area (Å²) in [7, 11) is 0. The molecule has 7 nitrogen and oxygen atoms in total. The van der Waals surface area contributed by atoms with Crippen LogP contribution in [0.4, 0.5) is 5.69 Å². The third-order valence-electron chi connectivity index (χ3n) is 4.72. The molecule has 0 atom stereocenters. The van der Waals surface area contributed by atoms with E-state index in [4.69, 9.17) is 11.6 Å². The van der Waals surface area contributed by atoms with E-state index in [1.54, 1.807) is 37.3 Å². The average Bonchev–Trinajstić information content (AvgIpc) is 3.25. The third-order valence-corrected chi connectivity index (χ3v) is 5.99. The van der Waals surface area contributed by atoms with E-state index >= 15 is 0 Å². The lowest BCUT2D eigenvalue weighted by molar-refractivity contribution is -0.116. The van der Waals surface area contributed by atoms with Crippen molar-refractivity contribution in [3.8, 4) is 0 Å². The van der Waals surface area contributed by atoms with Crippen LogP contribution >= 0.6 is 22.9 Å². The van der Waals surface area contributed by atoms with Crippen molar-refractivity contribution in [3.63, 3.8) is 0 Å². The number of hydrogen-bond donors (Lipinski definition) is 1. The van der Waals surface area contributed by atoms with Gasteiger partial charge in [-0.25, -0.2) is 9.78 Å². The summed E-state index contributed by atoms with van der Waals surface area (Å²) in [4.78, 5) is 43.7. The van der Waals surface area contributed by atoms with Gasteiger partial charge in [-0.05, 0) is 48.2 Å². The van der Waals surface area contributed by atoms with E-state index in [2.05, 4.69) is 10.3 Å². The Morgan fingerprint density at radius 1 is 1.13 bits per heavy atom. The number of fused-ring (bicyclic) bond motifs is 1. The predicted molar refractivity (Wildman–Crippen MR) is 119 cm³/mol. The van der Waals surface area contributed by atoms with Gasteiger partial charge in [0.05, 0.1) is 12.1 Å². The van der Waals surface area contributed by atoms with Crippen LogP contribution in [0.5, 0.6) is 0 Å². The SMILES string of the molecule is Cc1c(Cl)cccc1NC(=O)Cn1c(=O)n(Cc2cccs2)c(=O)c2ncccc21. The number of rotatable bonds is 5. The van der Waals surface area contributed by atoms with E-state index in [0.717, 1.165) is 15.0 Å². The standard InChI is InChI=1S/C21H17ClN4O3S/c1-13-15(22)6-2-7-16(13)24-18(27)12-25-17-8-3-9-23-19(17)20(28)26(21(25)29)11-14-5-4-10-30-14/h2-10H,11-12H2,1H3,(H,24,27). The first-order chi connectivity index (χ1) is 14.5. The molecule has 9 heteroatoms. The summed E-state index contributed by atoms with van der Waals surface area (Å²) in [5.74, 6) is -0.408. The van der Waals surface area contributed by atoms with Crippen LogP contribution in [-0.4, -0.2) is 20.0 Å². The molecule has 0 aliphatic rings. The first kappa shape index (κ1) is 20.1.